The maximum Gasteiger partial charge on any atom is 0.219 e. The fraction of sp³-hybridized carbons (Fsp3) is 0.474. The van der Waals surface area contributed by atoms with Crippen LogP contribution in [0.25, 0.3) is 17.3 Å². The molecule has 0 aliphatic heterocycles. The Balaban J connectivity index is 2.20. The van der Waals surface area contributed by atoms with Crippen LogP contribution in [0.1, 0.15) is 39.6 Å². The van der Waals surface area contributed by atoms with E-state index in [-0.39, 0.29) is 23.2 Å². The van der Waals surface area contributed by atoms with Gasteiger partial charge in [-0.3, -0.25) is 5.10 Å². The lowest BCUT2D eigenvalue weighted by Crippen LogP contribution is -2.19. The number of aromatic amines is 1. The fourth-order valence-electron chi connectivity index (χ4n) is 2.87. The summed E-state index contributed by atoms with van der Waals surface area (Å²) in [6, 6.07) is 1.90. The van der Waals surface area contributed by atoms with Crippen LogP contribution in [0, 0.1) is 23.5 Å². The molecule has 1 aromatic carbocycles. The van der Waals surface area contributed by atoms with Gasteiger partial charge < -0.3 is 9.47 Å². The second kappa shape index (κ2) is 8.64. The van der Waals surface area contributed by atoms with Crippen molar-refractivity contribution in [3.8, 4) is 23.1 Å². The zero-order valence-electron chi connectivity index (χ0n) is 17.0. The molecule has 3 aromatic rings. The number of nitrogens with one attached hydrogen (secondary N) is 1. The molecule has 0 spiro atoms. The lowest BCUT2D eigenvalue weighted by molar-refractivity contribution is -0.000622. The molecular formula is C19H24F2N6O2. The van der Waals surface area contributed by atoms with Gasteiger partial charge in [-0.2, -0.15) is 5.10 Å². The van der Waals surface area contributed by atoms with Crippen molar-refractivity contribution >= 4 is 0 Å². The molecule has 2 aromatic heterocycles. The highest BCUT2D eigenvalue weighted by Gasteiger charge is 2.28. The van der Waals surface area contributed by atoms with Gasteiger partial charge in [0.2, 0.25) is 5.82 Å². The highest BCUT2D eigenvalue weighted by atomic mass is 19.1. The van der Waals surface area contributed by atoms with Crippen molar-refractivity contribution in [2.24, 2.45) is 11.8 Å². The van der Waals surface area contributed by atoms with E-state index in [4.69, 9.17) is 9.47 Å². The van der Waals surface area contributed by atoms with Gasteiger partial charge in [0.1, 0.15) is 23.9 Å². The molecule has 8 nitrogen and oxygen atoms in total. The molecule has 1 N–H and O–H groups in total. The summed E-state index contributed by atoms with van der Waals surface area (Å²) in [5, 5.41) is 10.9. The van der Waals surface area contributed by atoms with Gasteiger partial charge >= 0.3 is 0 Å². The monoisotopic (exact) mass is 406 g/mol. The molecule has 0 bridgehead atoms. The van der Waals surface area contributed by atoms with E-state index in [0.717, 1.165) is 12.1 Å². The van der Waals surface area contributed by atoms with Crippen molar-refractivity contribution in [2.75, 3.05) is 13.7 Å². The standard InChI is InChI=1S/C19H24F2N6O2/c1-10(2)8-29-15(11(3)4)19-24-18(17-22-9-23-25-17)26-27(19)14-7-12(20)6-13(21)16(14)28-5/h6-7,9-11,15H,8H2,1-5H3,(H,22,23,25). The first kappa shape index (κ1) is 20.8. The number of benzene rings is 1. The van der Waals surface area contributed by atoms with Crippen molar-refractivity contribution in [3.63, 3.8) is 0 Å². The van der Waals surface area contributed by atoms with Crippen molar-refractivity contribution in [2.45, 2.75) is 33.8 Å². The predicted octanol–water partition coefficient (Wildman–Crippen LogP) is 3.71. The zero-order chi connectivity index (χ0) is 21.1. The minimum Gasteiger partial charge on any atom is -0.491 e. The van der Waals surface area contributed by atoms with Gasteiger partial charge in [0, 0.05) is 18.7 Å². The Morgan fingerprint density at radius 3 is 2.52 bits per heavy atom. The molecule has 0 fully saturated rings. The second-order valence-corrected chi connectivity index (χ2v) is 7.37. The molecule has 0 radical (unpaired) electrons. The number of methoxy groups -OCH3 is 1. The summed E-state index contributed by atoms with van der Waals surface area (Å²) >= 11 is 0. The van der Waals surface area contributed by atoms with Gasteiger partial charge in [0.05, 0.1) is 7.11 Å². The topological polar surface area (TPSA) is 90.7 Å². The van der Waals surface area contributed by atoms with Crippen LogP contribution in [-0.4, -0.2) is 43.7 Å². The van der Waals surface area contributed by atoms with Gasteiger partial charge in [0.15, 0.2) is 23.2 Å². The van der Waals surface area contributed by atoms with Crippen LogP contribution in [0.2, 0.25) is 0 Å². The summed E-state index contributed by atoms with van der Waals surface area (Å²) in [6.45, 7) is 8.51. The number of halogens is 2. The van der Waals surface area contributed by atoms with Gasteiger partial charge in [-0.15, -0.1) is 5.10 Å². The van der Waals surface area contributed by atoms with Gasteiger partial charge in [-0.25, -0.2) is 23.4 Å². The minimum atomic E-state index is -0.839. The molecule has 0 saturated carbocycles. The third kappa shape index (κ3) is 4.42. The number of hydrogen-bond donors (Lipinski definition) is 1. The number of rotatable bonds is 8. The van der Waals surface area contributed by atoms with E-state index in [0.29, 0.717) is 24.2 Å². The van der Waals surface area contributed by atoms with Crippen molar-refractivity contribution in [1.29, 1.82) is 0 Å². The lowest BCUT2D eigenvalue weighted by Gasteiger charge is -2.23. The summed E-state index contributed by atoms with van der Waals surface area (Å²) in [6.07, 6.45) is 0.852. The number of H-pyrrole nitrogens is 1. The molecule has 3 rings (SSSR count). The third-order valence-electron chi connectivity index (χ3n) is 4.15. The minimum absolute atomic E-state index is 0.0173. The largest absolute Gasteiger partial charge is 0.491 e. The third-order valence-corrected chi connectivity index (χ3v) is 4.15. The number of nitrogens with zero attached hydrogens (tertiary/aromatic N) is 5. The Hall–Kier alpha value is -2.88. The van der Waals surface area contributed by atoms with Crippen LogP contribution in [-0.2, 0) is 4.74 Å². The zero-order valence-corrected chi connectivity index (χ0v) is 17.0. The Kier molecular flexibility index (Phi) is 6.21. The summed E-state index contributed by atoms with van der Waals surface area (Å²) in [7, 11) is 1.31. The molecule has 0 aliphatic carbocycles. The molecule has 0 saturated heterocycles. The molecule has 29 heavy (non-hydrogen) atoms. The molecule has 156 valence electrons. The molecule has 2 heterocycles. The van der Waals surface area contributed by atoms with E-state index in [1.54, 1.807) is 0 Å². The second-order valence-electron chi connectivity index (χ2n) is 7.37. The van der Waals surface area contributed by atoms with Gasteiger partial charge in [0.25, 0.3) is 0 Å². The van der Waals surface area contributed by atoms with Crippen LogP contribution in [0.15, 0.2) is 18.5 Å². The lowest BCUT2D eigenvalue weighted by atomic mass is 10.1. The summed E-state index contributed by atoms with van der Waals surface area (Å²) < 4.78 is 41.0. The summed E-state index contributed by atoms with van der Waals surface area (Å²) in [5.41, 5.74) is 0.0806. The molecule has 1 atom stereocenters. The quantitative estimate of drug-likeness (QED) is 0.613. The van der Waals surface area contributed by atoms with Crippen LogP contribution >= 0.6 is 0 Å². The molecule has 0 aliphatic rings. The first-order valence-corrected chi connectivity index (χ1v) is 9.29. The van der Waals surface area contributed by atoms with Crippen molar-refractivity contribution in [1.82, 2.24) is 29.9 Å². The SMILES string of the molecule is COc1c(F)cc(F)cc1-n1nc(-c2ncn[nH]2)nc1C(OCC(C)C)C(C)C. The Bertz CT molecular complexity index is 956. The molecule has 1 unspecified atom stereocenters. The van der Waals surface area contributed by atoms with Crippen LogP contribution in [0.4, 0.5) is 8.78 Å². The summed E-state index contributed by atoms with van der Waals surface area (Å²) in [4.78, 5) is 8.62. The van der Waals surface area contributed by atoms with Crippen LogP contribution < -0.4 is 4.74 Å². The number of aromatic nitrogens is 6. The highest BCUT2D eigenvalue weighted by Crippen LogP contribution is 2.33. The normalized spacial score (nSPS) is 12.7. The van der Waals surface area contributed by atoms with Crippen LogP contribution in [0.5, 0.6) is 5.75 Å². The van der Waals surface area contributed by atoms with E-state index >= 15 is 0 Å². The average molecular weight is 406 g/mol. The number of hydrogen-bond acceptors (Lipinski definition) is 6. The molecule has 0 amide bonds. The molecule has 10 heteroatoms. The van der Waals surface area contributed by atoms with Crippen molar-refractivity contribution < 1.29 is 18.3 Å². The van der Waals surface area contributed by atoms with E-state index in [2.05, 4.69) is 25.3 Å². The maximum absolute atomic E-state index is 14.3. The fourth-order valence-corrected chi connectivity index (χ4v) is 2.87. The van der Waals surface area contributed by atoms with E-state index in [9.17, 15) is 8.78 Å². The highest BCUT2D eigenvalue weighted by molar-refractivity contribution is 5.50. The predicted molar refractivity (Wildman–Crippen MR) is 102 cm³/mol. The first-order chi connectivity index (χ1) is 13.8. The van der Waals surface area contributed by atoms with E-state index < -0.39 is 17.7 Å². The van der Waals surface area contributed by atoms with Crippen LogP contribution in [0.3, 0.4) is 0 Å². The van der Waals surface area contributed by atoms with E-state index in [1.807, 2.05) is 27.7 Å². The Labute approximate surface area is 167 Å². The van der Waals surface area contributed by atoms with Gasteiger partial charge in [-0.05, 0) is 11.8 Å². The number of ether oxygens (including phenoxy) is 2. The average Bonchev–Trinajstić information content (AvgIpc) is 3.30. The van der Waals surface area contributed by atoms with E-state index in [1.165, 1.54) is 18.1 Å². The van der Waals surface area contributed by atoms with Crippen molar-refractivity contribution in [3.05, 3.63) is 35.9 Å². The smallest absolute Gasteiger partial charge is 0.219 e. The Morgan fingerprint density at radius 2 is 1.93 bits per heavy atom. The maximum atomic E-state index is 14.3. The van der Waals surface area contributed by atoms with Gasteiger partial charge in [-0.1, -0.05) is 27.7 Å². The Morgan fingerprint density at radius 1 is 1.17 bits per heavy atom. The summed E-state index contributed by atoms with van der Waals surface area (Å²) in [5.74, 6) is -0.496. The first-order valence-electron chi connectivity index (χ1n) is 9.29. The molecular weight excluding hydrogens is 382 g/mol.